The molecule has 0 radical (unpaired) electrons. The van der Waals surface area contributed by atoms with E-state index in [9.17, 15) is 13.9 Å². The zero-order valence-electron chi connectivity index (χ0n) is 18.8. The van der Waals surface area contributed by atoms with Crippen LogP contribution in [0.3, 0.4) is 0 Å². The lowest BCUT2D eigenvalue weighted by atomic mass is 10.0. The van der Waals surface area contributed by atoms with Crippen LogP contribution in [0.1, 0.15) is 37.2 Å². The zero-order chi connectivity index (χ0) is 23.9. The van der Waals surface area contributed by atoms with Crippen LogP contribution in [0.4, 0.5) is 14.5 Å². The molecule has 0 saturated carbocycles. The summed E-state index contributed by atoms with van der Waals surface area (Å²) in [5.41, 5.74) is 10.5. The van der Waals surface area contributed by atoms with Gasteiger partial charge in [-0.2, -0.15) is 5.10 Å². The molecule has 1 saturated heterocycles. The molecule has 0 unspecified atom stereocenters. The van der Waals surface area contributed by atoms with Crippen molar-refractivity contribution in [1.82, 2.24) is 19.7 Å². The predicted molar refractivity (Wildman–Crippen MR) is 127 cm³/mol. The Morgan fingerprint density at radius 3 is 2.65 bits per heavy atom. The summed E-state index contributed by atoms with van der Waals surface area (Å²) >= 11 is 0. The summed E-state index contributed by atoms with van der Waals surface area (Å²) in [5.74, 6) is -2.18. The van der Waals surface area contributed by atoms with Gasteiger partial charge in [-0.1, -0.05) is 25.5 Å². The number of aliphatic hydroxyl groups excluding tert-OH is 1. The van der Waals surface area contributed by atoms with Crippen LogP contribution in [0.25, 0.3) is 28.0 Å². The number of nitrogens with two attached hydrogens (primary N) is 1. The van der Waals surface area contributed by atoms with Crippen LogP contribution in [0, 0.1) is 0 Å². The van der Waals surface area contributed by atoms with E-state index >= 15 is 0 Å². The first-order valence-corrected chi connectivity index (χ1v) is 11.3. The second-order valence-electron chi connectivity index (χ2n) is 8.68. The van der Waals surface area contributed by atoms with Gasteiger partial charge in [0.15, 0.2) is 5.82 Å². The summed E-state index contributed by atoms with van der Waals surface area (Å²) in [4.78, 5) is 10.9. The lowest BCUT2D eigenvalue weighted by molar-refractivity contribution is -0.0261. The molecule has 0 spiro atoms. The standard InChI is InChI=1S/C25H26F2N6O/c1-2-5-19(28)21-8-4-7-20(31-21)16-10-22(32-14-25(26,27)15-32)18-12-29-33(23(18)11-16)24-9-3-6-17(13-34)30-24/h3-4,6-12,19,34H,2,5,13-15,28H2,1H3/t19-/m0/s1. The Balaban J connectivity index is 1.66. The normalized spacial score (nSPS) is 16.0. The van der Waals surface area contributed by atoms with Crippen molar-refractivity contribution < 1.29 is 13.9 Å². The molecule has 4 heterocycles. The van der Waals surface area contributed by atoms with E-state index in [1.807, 2.05) is 30.3 Å². The minimum Gasteiger partial charge on any atom is -0.390 e. The minimum absolute atomic E-state index is 0.168. The van der Waals surface area contributed by atoms with E-state index in [1.54, 1.807) is 34.0 Å². The van der Waals surface area contributed by atoms with E-state index in [4.69, 9.17) is 10.7 Å². The van der Waals surface area contributed by atoms with Gasteiger partial charge < -0.3 is 15.7 Å². The molecule has 1 aliphatic rings. The van der Waals surface area contributed by atoms with Crippen LogP contribution in [-0.4, -0.2) is 43.9 Å². The third-order valence-electron chi connectivity index (χ3n) is 6.07. The molecule has 3 N–H and O–H groups in total. The van der Waals surface area contributed by atoms with Crippen LogP contribution < -0.4 is 10.6 Å². The lowest BCUT2D eigenvalue weighted by Crippen LogP contribution is -2.56. The van der Waals surface area contributed by atoms with Gasteiger partial charge in [0, 0.05) is 22.7 Å². The third kappa shape index (κ3) is 4.12. The maximum Gasteiger partial charge on any atom is 0.282 e. The number of aliphatic hydroxyl groups is 1. The van der Waals surface area contributed by atoms with Gasteiger partial charge in [-0.3, -0.25) is 4.98 Å². The van der Waals surface area contributed by atoms with Gasteiger partial charge in [-0.25, -0.2) is 18.4 Å². The van der Waals surface area contributed by atoms with Gasteiger partial charge in [0.05, 0.1) is 48.5 Å². The van der Waals surface area contributed by atoms with Crippen LogP contribution in [0.2, 0.25) is 0 Å². The Morgan fingerprint density at radius 2 is 1.91 bits per heavy atom. The van der Waals surface area contributed by atoms with Gasteiger partial charge >= 0.3 is 0 Å². The van der Waals surface area contributed by atoms with Crippen LogP contribution in [0.5, 0.6) is 0 Å². The van der Waals surface area contributed by atoms with Crippen molar-refractivity contribution in [3.63, 3.8) is 0 Å². The average molecular weight is 465 g/mol. The fourth-order valence-corrected chi connectivity index (χ4v) is 4.33. The molecule has 0 amide bonds. The molecular formula is C25H26F2N6O. The highest BCUT2D eigenvalue weighted by molar-refractivity contribution is 5.97. The molecule has 34 heavy (non-hydrogen) atoms. The minimum atomic E-state index is -2.71. The maximum atomic E-state index is 13.7. The van der Waals surface area contributed by atoms with Crippen molar-refractivity contribution in [1.29, 1.82) is 0 Å². The number of pyridine rings is 2. The second kappa shape index (κ2) is 8.73. The van der Waals surface area contributed by atoms with Crippen LogP contribution in [0.15, 0.2) is 54.7 Å². The lowest BCUT2D eigenvalue weighted by Gasteiger charge is -2.40. The van der Waals surface area contributed by atoms with Gasteiger partial charge in [0.1, 0.15) is 0 Å². The fraction of sp³-hybridized carbons (Fsp3) is 0.320. The molecular weight excluding hydrogens is 438 g/mol. The fourth-order valence-electron chi connectivity index (χ4n) is 4.33. The number of benzene rings is 1. The van der Waals surface area contributed by atoms with Crippen LogP contribution >= 0.6 is 0 Å². The van der Waals surface area contributed by atoms with Crippen LogP contribution in [-0.2, 0) is 6.61 Å². The molecule has 0 aliphatic carbocycles. The molecule has 1 aliphatic heterocycles. The largest absolute Gasteiger partial charge is 0.390 e. The van der Waals surface area contributed by atoms with E-state index < -0.39 is 5.92 Å². The molecule has 4 aromatic rings. The van der Waals surface area contributed by atoms with Crippen molar-refractivity contribution in [3.8, 4) is 17.1 Å². The van der Waals surface area contributed by atoms with Gasteiger partial charge in [0.2, 0.25) is 0 Å². The van der Waals surface area contributed by atoms with Crippen molar-refractivity contribution >= 4 is 16.6 Å². The molecule has 5 rings (SSSR count). The van der Waals surface area contributed by atoms with Crippen molar-refractivity contribution in [2.75, 3.05) is 18.0 Å². The molecule has 9 heteroatoms. The molecule has 3 aromatic heterocycles. The summed E-state index contributed by atoms with van der Waals surface area (Å²) in [7, 11) is 0. The highest BCUT2D eigenvalue weighted by Crippen LogP contribution is 2.39. The number of aromatic nitrogens is 4. The Bertz CT molecular complexity index is 1330. The Labute approximate surface area is 195 Å². The SMILES string of the molecule is CCC[C@H](N)c1cccc(-c2cc(N3CC(F)(F)C3)c3cnn(-c4cccc(CO)n4)c3c2)n1. The monoisotopic (exact) mass is 464 g/mol. The topological polar surface area (TPSA) is 93.1 Å². The summed E-state index contributed by atoms with van der Waals surface area (Å²) in [5, 5.41) is 14.7. The number of hydrogen-bond donors (Lipinski definition) is 2. The number of anilines is 1. The van der Waals surface area contributed by atoms with E-state index in [0.717, 1.165) is 35.0 Å². The first-order chi connectivity index (χ1) is 16.4. The number of halogens is 2. The van der Waals surface area contributed by atoms with Gasteiger partial charge in [-0.05, 0) is 42.8 Å². The highest BCUT2D eigenvalue weighted by atomic mass is 19.3. The molecule has 0 bridgehead atoms. The number of fused-ring (bicyclic) bond motifs is 1. The summed E-state index contributed by atoms with van der Waals surface area (Å²) < 4.78 is 29.1. The van der Waals surface area contributed by atoms with Gasteiger partial charge in [-0.15, -0.1) is 0 Å². The van der Waals surface area contributed by atoms with E-state index in [1.165, 1.54) is 0 Å². The van der Waals surface area contributed by atoms with E-state index in [-0.39, 0.29) is 25.7 Å². The first-order valence-electron chi connectivity index (χ1n) is 11.3. The number of hydrogen-bond acceptors (Lipinski definition) is 6. The molecule has 1 aromatic carbocycles. The van der Waals surface area contributed by atoms with E-state index in [2.05, 4.69) is 17.0 Å². The Morgan fingerprint density at radius 1 is 1.12 bits per heavy atom. The maximum absolute atomic E-state index is 13.7. The smallest absolute Gasteiger partial charge is 0.282 e. The number of alkyl halides is 2. The Kier molecular flexibility index (Phi) is 5.75. The summed E-state index contributed by atoms with van der Waals surface area (Å²) in [6.07, 6.45) is 3.44. The van der Waals surface area contributed by atoms with Crippen molar-refractivity contribution in [3.05, 3.63) is 66.1 Å². The third-order valence-corrected chi connectivity index (χ3v) is 6.07. The number of nitrogens with zero attached hydrogens (tertiary/aromatic N) is 5. The second-order valence-corrected chi connectivity index (χ2v) is 8.68. The highest BCUT2D eigenvalue weighted by Gasteiger charge is 2.44. The summed E-state index contributed by atoms with van der Waals surface area (Å²) in [6, 6.07) is 14.7. The molecule has 176 valence electrons. The molecule has 1 fully saturated rings. The zero-order valence-corrected chi connectivity index (χ0v) is 18.8. The molecule has 1 atom stereocenters. The van der Waals surface area contributed by atoms with E-state index in [0.29, 0.717) is 22.9 Å². The summed E-state index contributed by atoms with van der Waals surface area (Å²) in [6.45, 7) is 1.20. The predicted octanol–water partition coefficient (Wildman–Crippen LogP) is 4.23. The molecule has 7 nitrogen and oxygen atoms in total. The first kappa shape index (κ1) is 22.4. The van der Waals surface area contributed by atoms with Crippen molar-refractivity contribution in [2.24, 2.45) is 5.73 Å². The Hall–Kier alpha value is -3.43. The number of rotatable bonds is 7. The average Bonchev–Trinajstić information content (AvgIpc) is 3.26. The quantitative estimate of drug-likeness (QED) is 0.425. The van der Waals surface area contributed by atoms with Crippen molar-refractivity contribution in [2.45, 2.75) is 38.3 Å². The van der Waals surface area contributed by atoms with Gasteiger partial charge in [0.25, 0.3) is 5.92 Å².